The standard InChI is InChI=1S/C11H16ClFN2/c1-3-15-7-11(14-2)9-6-8(12)4-5-10(9)13/h4-6,11,14-15H,3,7H2,1-2H3. The van der Waals surface area contributed by atoms with Crippen LogP contribution >= 0.6 is 11.6 Å². The molecule has 0 amide bonds. The van der Waals surface area contributed by atoms with Crippen LogP contribution in [0.4, 0.5) is 4.39 Å². The Kier molecular flexibility index (Phi) is 5.02. The third-order valence-electron chi connectivity index (χ3n) is 2.28. The van der Waals surface area contributed by atoms with Crippen LogP contribution in [0.25, 0.3) is 0 Å². The second-order valence-corrected chi connectivity index (χ2v) is 3.75. The molecular weight excluding hydrogens is 215 g/mol. The van der Waals surface area contributed by atoms with Crippen molar-refractivity contribution in [1.82, 2.24) is 10.6 Å². The number of likely N-dealkylation sites (N-methyl/N-ethyl adjacent to an activating group) is 2. The lowest BCUT2D eigenvalue weighted by atomic mass is 10.1. The van der Waals surface area contributed by atoms with E-state index < -0.39 is 0 Å². The smallest absolute Gasteiger partial charge is 0.128 e. The second-order valence-electron chi connectivity index (χ2n) is 3.31. The molecule has 2 N–H and O–H groups in total. The van der Waals surface area contributed by atoms with Crippen molar-refractivity contribution in [3.63, 3.8) is 0 Å². The molecule has 1 aromatic rings. The molecule has 4 heteroatoms. The number of rotatable bonds is 5. The molecule has 0 radical (unpaired) electrons. The first-order valence-electron chi connectivity index (χ1n) is 5.02. The van der Waals surface area contributed by atoms with E-state index in [1.165, 1.54) is 6.07 Å². The topological polar surface area (TPSA) is 24.1 Å². The molecule has 0 aromatic heterocycles. The molecule has 0 spiro atoms. The van der Waals surface area contributed by atoms with Crippen molar-refractivity contribution in [2.24, 2.45) is 0 Å². The normalized spacial score (nSPS) is 12.8. The fourth-order valence-corrected chi connectivity index (χ4v) is 1.62. The van der Waals surface area contributed by atoms with Gasteiger partial charge in [0.1, 0.15) is 5.82 Å². The molecule has 0 saturated heterocycles. The minimum absolute atomic E-state index is 0.0522. The zero-order chi connectivity index (χ0) is 11.3. The van der Waals surface area contributed by atoms with Gasteiger partial charge in [-0.25, -0.2) is 4.39 Å². The summed E-state index contributed by atoms with van der Waals surface area (Å²) in [5.41, 5.74) is 0.603. The molecule has 0 aliphatic rings. The van der Waals surface area contributed by atoms with Crippen LogP contribution < -0.4 is 10.6 Å². The lowest BCUT2D eigenvalue weighted by Crippen LogP contribution is -2.30. The highest BCUT2D eigenvalue weighted by atomic mass is 35.5. The summed E-state index contributed by atoms with van der Waals surface area (Å²) in [6.07, 6.45) is 0. The van der Waals surface area contributed by atoms with Crippen LogP contribution in [0.3, 0.4) is 0 Å². The maximum absolute atomic E-state index is 13.5. The molecule has 0 saturated carbocycles. The summed E-state index contributed by atoms with van der Waals surface area (Å²) in [6.45, 7) is 3.56. The van der Waals surface area contributed by atoms with Crippen molar-refractivity contribution in [2.45, 2.75) is 13.0 Å². The van der Waals surface area contributed by atoms with Gasteiger partial charge in [0.15, 0.2) is 0 Å². The summed E-state index contributed by atoms with van der Waals surface area (Å²) in [4.78, 5) is 0. The fraction of sp³-hybridized carbons (Fsp3) is 0.455. The monoisotopic (exact) mass is 230 g/mol. The van der Waals surface area contributed by atoms with E-state index in [1.807, 2.05) is 14.0 Å². The van der Waals surface area contributed by atoms with Crippen molar-refractivity contribution in [1.29, 1.82) is 0 Å². The van der Waals surface area contributed by atoms with E-state index in [1.54, 1.807) is 12.1 Å². The lowest BCUT2D eigenvalue weighted by Gasteiger charge is -2.17. The van der Waals surface area contributed by atoms with Crippen molar-refractivity contribution in [3.05, 3.63) is 34.6 Å². The summed E-state index contributed by atoms with van der Waals surface area (Å²) in [6, 6.07) is 4.56. The molecule has 15 heavy (non-hydrogen) atoms. The summed E-state index contributed by atoms with van der Waals surface area (Å²) < 4.78 is 13.5. The van der Waals surface area contributed by atoms with E-state index in [2.05, 4.69) is 10.6 Å². The van der Waals surface area contributed by atoms with Gasteiger partial charge in [0, 0.05) is 23.2 Å². The van der Waals surface area contributed by atoms with E-state index in [4.69, 9.17) is 11.6 Å². The highest BCUT2D eigenvalue weighted by Gasteiger charge is 2.13. The molecule has 2 nitrogen and oxygen atoms in total. The van der Waals surface area contributed by atoms with Crippen LogP contribution in [0.1, 0.15) is 18.5 Å². The van der Waals surface area contributed by atoms with Crippen molar-refractivity contribution < 1.29 is 4.39 Å². The van der Waals surface area contributed by atoms with Gasteiger partial charge in [0.2, 0.25) is 0 Å². The minimum atomic E-state index is -0.225. The fourth-order valence-electron chi connectivity index (χ4n) is 1.44. The predicted octanol–water partition coefficient (Wildman–Crippen LogP) is 2.35. The van der Waals surface area contributed by atoms with E-state index in [0.29, 0.717) is 17.1 Å². The van der Waals surface area contributed by atoms with E-state index in [-0.39, 0.29) is 11.9 Å². The van der Waals surface area contributed by atoms with Crippen LogP contribution in [0.5, 0.6) is 0 Å². The molecule has 1 rings (SSSR count). The highest BCUT2D eigenvalue weighted by Crippen LogP contribution is 2.20. The zero-order valence-corrected chi connectivity index (χ0v) is 9.74. The van der Waals surface area contributed by atoms with Gasteiger partial charge in [0.05, 0.1) is 0 Å². The van der Waals surface area contributed by atoms with E-state index in [9.17, 15) is 4.39 Å². The third-order valence-corrected chi connectivity index (χ3v) is 2.52. The number of nitrogens with one attached hydrogen (secondary N) is 2. The Hall–Kier alpha value is -0.640. The Bertz CT molecular complexity index is 317. The second kappa shape index (κ2) is 6.05. The zero-order valence-electron chi connectivity index (χ0n) is 8.98. The van der Waals surface area contributed by atoms with Crippen molar-refractivity contribution in [3.8, 4) is 0 Å². The summed E-state index contributed by atoms with van der Waals surface area (Å²) in [5.74, 6) is -0.225. The Morgan fingerprint density at radius 1 is 1.47 bits per heavy atom. The molecule has 0 aliphatic heterocycles. The van der Waals surface area contributed by atoms with Gasteiger partial charge in [-0.15, -0.1) is 0 Å². The molecule has 0 fully saturated rings. The average molecular weight is 231 g/mol. The first kappa shape index (κ1) is 12.4. The SMILES string of the molecule is CCNCC(NC)c1cc(Cl)ccc1F. The number of hydrogen-bond donors (Lipinski definition) is 2. The third kappa shape index (κ3) is 3.45. The quantitative estimate of drug-likeness (QED) is 0.812. The van der Waals surface area contributed by atoms with Crippen LogP contribution in [0, 0.1) is 5.82 Å². The molecule has 0 heterocycles. The van der Waals surface area contributed by atoms with Gasteiger partial charge in [0.25, 0.3) is 0 Å². The Morgan fingerprint density at radius 2 is 2.20 bits per heavy atom. The maximum atomic E-state index is 13.5. The predicted molar refractivity (Wildman–Crippen MR) is 61.8 cm³/mol. The maximum Gasteiger partial charge on any atom is 0.128 e. The summed E-state index contributed by atoms with van der Waals surface area (Å²) >= 11 is 5.84. The van der Waals surface area contributed by atoms with Crippen molar-refractivity contribution in [2.75, 3.05) is 20.1 Å². The molecule has 84 valence electrons. The van der Waals surface area contributed by atoms with Crippen LogP contribution in [0.2, 0.25) is 5.02 Å². The molecular formula is C11H16ClFN2. The van der Waals surface area contributed by atoms with Crippen LogP contribution in [-0.4, -0.2) is 20.1 Å². The molecule has 0 aliphatic carbocycles. The van der Waals surface area contributed by atoms with Gasteiger partial charge >= 0.3 is 0 Å². The van der Waals surface area contributed by atoms with Gasteiger partial charge in [-0.1, -0.05) is 18.5 Å². The first-order chi connectivity index (χ1) is 7.19. The molecule has 1 aromatic carbocycles. The molecule has 0 bridgehead atoms. The lowest BCUT2D eigenvalue weighted by molar-refractivity contribution is 0.505. The van der Waals surface area contributed by atoms with E-state index >= 15 is 0 Å². The summed E-state index contributed by atoms with van der Waals surface area (Å²) in [7, 11) is 1.81. The van der Waals surface area contributed by atoms with Crippen LogP contribution in [0.15, 0.2) is 18.2 Å². The van der Waals surface area contributed by atoms with Gasteiger partial charge in [-0.05, 0) is 31.8 Å². The molecule has 1 unspecified atom stereocenters. The van der Waals surface area contributed by atoms with E-state index in [0.717, 1.165) is 6.54 Å². The number of hydrogen-bond acceptors (Lipinski definition) is 2. The largest absolute Gasteiger partial charge is 0.315 e. The number of benzene rings is 1. The van der Waals surface area contributed by atoms with Crippen molar-refractivity contribution >= 4 is 11.6 Å². The van der Waals surface area contributed by atoms with Gasteiger partial charge < -0.3 is 10.6 Å². The highest BCUT2D eigenvalue weighted by molar-refractivity contribution is 6.30. The summed E-state index contributed by atoms with van der Waals surface area (Å²) in [5, 5.41) is 6.79. The van der Waals surface area contributed by atoms with Crippen LogP contribution in [-0.2, 0) is 0 Å². The Balaban J connectivity index is 2.85. The average Bonchev–Trinajstić information content (AvgIpc) is 2.24. The first-order valence-corrected chi connectivity index (χ1v) is 5.39. The Morgan fingerprint density at radius 3 is 2.80 bits per heavy atom. The molecule has 1 atom stereocenters. The minimum Gasteiger partial charge on any atom is -0.315 e. The number of halogens is 2. The van der Waals surface area contributed by atoms with Gasteiger partial charge in [-0.3, -0.25) is 0 Å². The Labute approximate surface area is 94.8 Å². The van der Waals surface area contributed by atoms with Gasteiger partial charge in [-0.2, -0.15) is 0 Å².